The summed E-state index contributed by atoms with van der Waals surface area (Å²) in [5, 5.41) is 23.7. The Kier molecular flexibility index (Phi) is 8.59. The van der Waals surface area contributed by atoms with Crippen molar-refractivity contribution in [1.82, 2.24) is 9.80 Å². The summed E-state index contributed by atoms with van der Waals surface area (Å²) in [4.78, 5) is 4.75. The summed E-state index contributed by atoms with van der Waals surface area (Å²) in [7, 11) is 4.48. The van der Waals surface area contributed by atoms with E-state index >= 15 is 0 Å². The van der Waals surface area contributed by atoms with Crippen LogP contribution in [0.3, 0.4) is 0 Å². The number of aryl methyl sites for hydroxylation is 2. The highest BCUT2D eigenvalue weighted by molar-refractivity contribution is 14.2. The molecule has 4 nitrogen and oxygen atoms in total. The molecule has 2 N–H and O–H groups in total. The molecule has 0 aromatic heterocycles. The van der Waals surface area contributed by atoms with E-state index in [1.165, 1.54) is 10.6 Å². The van der Waals surface area contributed by atoms with Crippen LogP contribution in [-0.4, -0.2) is 54.9 Å². The van der Waals surface area contributed by atoms with E-state index in [0.29, 0.717) is 11.5 Å². The lowest BCUT2D eigenvalue weighted by atomic mass is 10.1. The number of aromatic hydroxyl groups is 2. The van der Waals surface area contributed by atoms with E-state index in [-0.39, 0.29) is 10.9 Å². The Morgan fingerprint density at radius 2 is 1.21 bits per heavy atom. The molecular formula is C19H26B2I2N2O2P2. The molecule has 1 heterocycles. The molecule has 2 atom stereocenters. The van der Waals surface area contributed by atoms with Crippen LogP contribution in [0.25, 0.3) is 0 Å². The second-order valence-electron chi connectivity index (χ2n) is 7.74. The van der Waals surface area contributed by atoms with Gasteiger partial charge in [-0.1, -0.05) is 55.0 Å². The molecule has 0 saturated carbocycles. The fourth-order valence-corrected chi connectivity index (χ4v) is 6.79. The number of rotatable bonds is 6. The molecule has 0 bridgehead atoms. The molecule has 1 fully saturated rings. The predicted molar refractivity (Wildman–Crippen MR) is 150 cm³/mol. The van der Waals surface area contributed by atoms with Crippen molar-refractivity contribution in [2.75, 3.05) is 19.8 Å². The molecule has 0 radical (unpaired) electrons. The molecule has 0 aliphatic carbocycles. The lowest BCUT2D eigenvalue weighted by Crippen LogP contribution is -2.25. The second kappa shape index (κ2) is 10.4. The zero-order valence-corrected chi connectivity index (χ0v) is 23.4. The van der Waals surface area contributed by atoms with Gasteiger partial charge in [0.2, 0.25) is 0 Å². The lowest BCUT2D eigenvalue weighted by molar-refractivity contribution is 0.231. The SMILES string of the molecule is BP(I)c1cc(C)c(O)c(CN2CCN(Cc3cc(P(B)I)cc(C)c3O)C2)c1. The molecule has 10 heteroatoms. The number of hydrogen-bond acceptors (Lipinski definition) is 4. The van der Waals surface area contributed by atoms with Gasteiger partial charge in [0.25, 0.3) is 0 Å². The van der Waals surface area contributed by atoms with E-state index in [4.69, 9.17) is 0 Å². The first-order valence-electron chi connectivity index (χ1n) is 9.54. The molecule has 29 heavy (non-hydrogen) atoms. The first-order valence-corrected chi connectivity index (χ1v) is 18.7. The molecule has 1 aliphatic heterocycles. The van der Waals surface area contributed by atoms with E-state index in [9.17, 15) is 10.2 Å². The van der Waals surface area contributed by atoms with Crippen LogP contribution >= 0.6 is 55.0 Å². The Bertz CT molecular complexity index is 831. The van der Waals surface area contributed by atoms with Gasteiger partial charge in [0, 0.05) is 37.3 Å². The molecule has 0 amide bonds. The van der Waals surface area contributed by atoms with E-state index in [2.05, 4.69) is 93.3 Å². The van der Waals surface area contributed by atoms with E-state index < -0.39 is 0 Å². The average Bonchev–Trinajstić information content (AvgIpc) is 3.09. The third-order valence-corrected chi connectivity index (χ3v) is 10.6. The quantitative estimate of drug-likeness (QED) is 0.287. The number of halogens is 2. The zero-order chi connectivity index (χ0) is 21.3. The van der Waals surface area contributed by atoms with Crippen molar-refractivity contribution in [3.05, 3.63) is 46.5 Å². The standard InChI is InChI=1S/C19H26B2I2N2O2P2/c1-12-5-16(28(20)22)7-14(18(12)26)9-24-3-4-25(11-24)10-15-8-17(29(21)23)6-13(2)19(15)27/h5-8,26-27H,3-4,9-11,20-21H2,1-2H3. The van der Waals surface area contributed by atoms with Gasteiger partial charge in [-0.3, -0.25) is 9.80 Å². The minimum Gasteiger partial charge on any atom is -0.507 e. The van der Waals surface area contributed by atoms with Crippen molar-refractivity contribution in [2.24, 2.45) is 0 Å². The first kappa shape index (κ1) is 24.1. The predicted octanol–water partition coefficient (Wildman–Crippen LogP) is 3.00. The highest BCUT2D eigenvalue weighted by Crippen LogP contribution is 2.40. The van der Waals surface area contributed by atoms with Gasteiger partial charge in [-0.15, -0.1) is 0 Å². The maximum atomic E-state index is 10.5. The molecule has 2 aromatic rings. The van der Waals surface area contributed by atoms with Crippen LogP contribution in [0.15, 0.2) is 24.3 Å². The molecule has 0 spiro atoms. The monoisotopic (exact) mass is 652 g/mol. The Balaban J connectivity index is 1.71. The van der Waals surface area contributed by atoms with Gasteiger partial charge in [-0.05, 0) is 59.8 Å². The van der Waals surface area contributed by atoms with Crippen LogP contribution in [0, 0.1) is 13.8 Å². The first-order chi connectivity index (χ1) is 13.7. The molecule has 2 aromatic carbocycles. The number of benzene rings is 2. The van der Waals surface area contributed by atoms with Crippen molar-refractivity contribution in [2.45, 2.75) is 26.9 Å². The van der Waals surface area contributed by atoms with Gasteiger partial charge >= 0.3 is 0 Å². The van der Waals surface area contributed by atoms with Crippen molar-refractivity contribution in [3.8, 4) is 11.5 Å². The normalized spacial score (nSPS) is 17.5. The Hall–Kier alpha value is 0.410. The van der Waals surface area contributed by atoms with Gasteiger partial charge in [-0.25, -0.2) is 0 Å². The molecular weight excluding hydrogens is 626 g/mol. The summed E-state index contributed by atoms with van der Waals surface area (Å²) in [6.07, 6.45) is 0. The van der Waals surface area contributed by atoms with Gasteiger partial charge < -0.3 is 10.2 Å². The van der Waals surface area contributed by atoms with E-state index in [0.717, 1.165) is 55.1 Å². The van der Waals surface area contributed by atoms with Crippen LogP contribution < -0.4 is 10.6 Å². The van der Waals surface area contributed by atoms with Crippen LogP contribution in [0.4, 0.5) is 0 Å². The minimum atomic E-state index is -0.213. The summed E-state index contributed by atoms with van der Waals surface area (Å²) < 4.78 is 0. The van der Waals surface area contributed by atoms with Gasteiger partial charge in [0.15, 0.2) is 15.1 Å². The minimum absolute atomic E-state index is 0.213. The Morgan fingerprint density at radius 1 is 0.828 bits per heavy atom. The van der Waals surface area contributed by atoms with E-state index in [1.54, 1.807) is 0 Å². The maximum absolute atomic E-state index is 10.5. The van der Waals surface area contributed by atoms with Crippen molar-refractivity contribution < 1.29 is 10.2 Å². The molecule has 1 aliphatic rings. The van der Waals surface area contributed by atoms with Gasteiger partial charge in [-0.2, -0.15) is 0 Å². The molecule has 154 valence electrons. The Morgan fingerprint density at radius 3 is 1.55 bits per heavy atom. The molecule has 3 rings (SSSR count). The zero-order valence-electron chi connectivity index (χ0n) is 17.3. The van der Waals surface area contributed by atoms with Gasteiger partial charge in [0.05, 0.1) is 6.67 Å². The number of phenols is 2. The summed E-state index contributed by atoms with van der Waals surface area (Å²) in [5.41, 5.74) is 3.55. The highest BCUT2D eigenvalue weighted by Gasteiger charge is 2.23. The molecule has 2 unspecified atom stereocenters. The van der Waals surface area contributed by atoms with Crippen molar-refractivity contribution >= 4 is 80.7 Å². The Labute approximate surface area is 204 Å². The van der Waals surface area contributed by atoms with Crippen LogP contribution in [0.5, 0.6) is 11.5 Å². The fraction of sp³-hybridized carbons (Fsp3) is 0.368. The third kappa shape index (κ3) is 6.01. The van der Waals surface area contributed by atoms with Crippen LogP contribution in [0.2, 0.25) is 0 Å². The highest BCUT2D eigenvalue weighted by atomic mass is 127. The van der Waals surface area contributed by atoms with Crippen molar-refractivity contribution in [1.29, 1.82) is 0 Å². The summed E-state index contributed by atoms with van der Waals surface area (Å²) in [6, 6.07) is 8.57. The fourth-order valence-electron chi connectivity index (χ4n) is 3.71. The summed E-state index contributed by atoms with van der Waals surface area (Å²) in [6.45, 7) is 8.29. The van der Waals surface area contributed by atoms with E-state index in [1.807, 2.05) is 13.8 Å². The van der Waals surface area contributed by atoms with Gasteiger partial charge in [0.1, 0.15) is 11.5 Å². The maximum Gasteiger partial charge on any atom is 0.152 e. The largest absolute Gasteiger partial charge is 0.507 e. The number of hydrogen-bond donors (Lipinski definition) is 2. The number of nitrogens with zero attached hydrogens (tertiary/aromatic N) is 2. The lowest BCUT2D eigenvalue weighted by Gasteiger charge is -2.21. The van der Waals surface area contributed by atoms with Crippen LogP contribution in [0.1, 0.15) is 22.3 Å². The van der Waals surface area contributed by atoms with Crippen LogP contribution in [-0.2, 0) is 13.1 Å². The molecule has 1 saturated heterocycles. The summed E-state index contributed by atoms with van der Waals surface area (Å²) in [5.74, 6) is 0.861. The smallest absolute Gasteiger partial charge is 0.152 e. The average molecular weight is 652 g/mol. The van der Waals surface area contributed by atoms with Crippen molar-refractivity contribution in [3.63, 3.8) is 0 Å². The summed E-state index contributed by atoms with van der Waals surface area (Å²) >= 11 is 4.97. The second-order valence-corrected chi connectivity index (χ2v) is 19.4. The topological polar surface area (TPSA) is 46.9 Å². The third-order valence-electron chi connectivity index (χ3n) is 5.36. The number of phenolic OH excluding ortho intramolecular Hbond substituents is 2.